The summed E-state index contributed by atoms with van der Waals surface area (Å²) in [5, 5.41) is 11.6. The normalized spacial score (nSPS) is 11.0. The second-order valence-corrected chi connectivity index (χ2v) is 6.12. The van der Waals surface area contributed by atoms with Gasteiger partial charge >= 0.3 is 6.03 Å². The molecular formula is C18H19ClN4O2. The lowest BCUT2D eigenvalue weighted by molar-refractivity contribution is -0.0403. The van der Waals surface area contributed by atoms with Gasteiger partial charge in [0.15, 0.2) is 0 Å². The van der Waals surface area contributed by atoms with Crippen molar-refractivity contribution < 1.29 is 10.0 Å². The topological polar surface area (TPSA) is 84.4 Å². The molecule has 0 aliphatic rings. The third kappa shape index (κ3) is 3.60. The monoisotopic (exact) mass is 358 g/mol. The van der Waals surface area contributed by atoms with Crippen LogP contribution >= 0.6 is 11.6 Å². The number of nitrogens with zero attached hydrogens (tertiary/aromatic N) is 3. The summed E-state index contributed by atoms with van der Waals surface area (Å²) in [5.41, 5.74) is 7.93. The van der Waals surface area contributed by atoms with E-state index in [4.69, 9.17) is 17.3 Å². The van der Waals surface area contributed by atoms with Gasteiger partial charge in [-0.2, -0.15) is 0 Å². The maximum Gasteiger partial charge on any atom is 0.338 e. The van der Waals surface area contributed by atoms with Crippen molar-refractivity contribution in [1.82, 2.24) is 14.6 Å². The summed E-state index contributed by atoms with van der Waals surface area (Å²) < 4.78 is 2.15. The van der Waals surface area contributed by atoms with Gasteiger partial charge in [-0.25, -0.2) is 9.86 Å². The molecule has 130 valence electrons. The summed E-state index contributed by atoms with van der Waals surface area (Å²) in [5.74, 6) is 0. The van der Waals surface area contributed by atoms with E-state index in [9.17, 15) is 10.0 Å². The van der Waals surface area contributed by atoms with Crippen molar-refractivity contribution in [3.63, 3.8) is 0 Å². The van der Waals surface area contributed by atoms with E-state index in [2.05, 4.69) is 9.55 Å². The number of rotatable bonds is 6. The number of hydrogen-bond acceptors (Lipinski definition) is 3. The lowest BCUT2D eigenvalue weighted by Crippen LogP contribution is -2.33. The van der Waals surface area contributed by atoms with E-state index in [1.54, 1.807) is 12.4 Å². The quantitative estimate of drug-likeness (QED) is 0.398. The molecule has 3 rings (SSSR count). The molecule has 0 unspecified atom stereocenters. The Morgan fingerprint density at radius 1 is 1.24 bits per heavy atom. The number of nitrogens with two attached hydrogens (primary N) is 1. The standard InChI is InChI=1S/C18H19ClN4O2/c19-16-14-7-1-2-8-15(14)22(10-3-4-11-23(25)18(20)24)17(16)13-6-5-9-21-12-13/h1-2,5-9,12,25H,3-4,10-11H2,(H2,20,24). The maximum atomic E-state index is 10.8. The van der Waals surface area contributed by atoms with Crippen LogP contribution in [0.25, 0.3) is 22.2 Å². The highest BCUT2D eigenvalue weighted by Gasteiger charge is 2.17. The van der Waals surface area contributed by atoms with Crippen LogP contribution in [-0.4, -0.2) is 32.4 Å². The van der Waals surface area contributed by atoms with Crippen molar-refractivity contribution in [2.24, 2.45) is 5.73 Å². The fourth-order valence-corrected chi connectivity index (χ4v) is 3.29. The predicted molar refractivity (Wildman–Crippen MR) is 97.5 cm³/mol. The van der Waals surface area contributed by atoms with Gasteiger partial charge in [0.2, 0.25) is 0 Å². The average molecular weight is 359 g/mol. The lowest BCUT2D eigenvalue weighted by Gasteiger charge is -2.14. The molecule has 0 fully saturated rings. The molecule has 25 heavy (non-hydrogen) atoms. The van der Waals surface area contributed by atoms with Crippen molar-refractivity contribution in [2.45, 2.75) is 19.4 Å². The number of benzene rings is 1. The molecule has 6 nitrogen and oxygen atoms in total. The second kappa shape index (κ2) is 7.55. The molecule has 0 saturated carbocycles. The molecule has 0 aliphatic carbocycles. The first kappa shape index (κ1) is 17.3. The molecule has 0 saturated heterocycles. The number of pyridine rings is 1. The van der Waals surface area contributed by atoms with E-state index in [1.165, 1.54) is 0 Å². The SMILES string of the molecule is NC(=O)N(O)CCCCn1c(-c2cccnc2)c(Cl)c2ccccc21. The van der Waals surface area contributed by atoms with Gasteiger partial charge in [0.1, 0.15) is 0 Å². The van der Waals surface area contributed by atoms with Gasteiger partial charge in [-0.05, 0) is 31.0 Å². The van der Waals surface area contributed by atoms with E-state index < -0.39 is 6.03 Å². The fourth-order valence-electron chi connectivity index (χ4n) is 2.92. The van der Waals surface area contributed by atoms with Crippen molar-refractivity contribution in [3.05, 3.63) is 53.8 Å². The Morgan fingerprint density at radius 3 is 2.76 bits per heavy atom. The zero-order chi connectivity index (χ0) is 17.8. The minimum Gasteiger partial charge on any atom is -0.350 e. The zero-order valence-electron chi connectivity index (χ0n) is 13.6. The Kier molecular flexibility index (Phi) is 5.21. The van der Waals surface area contributed by atoms with Crippen LogP contribution in [0.5, 0.6) is 0 Å². The highest BCUT2D eigenvalue weighted by atomic mass is 35.5. The number of halogens is 1. The zero-order valence-corrected chi connectivity index (χ0v) is 14.4. The van der Waals surface area contributed by atoms with Gasteiger partial charge in [-0.15, -0.1) is 0 Å². The summed E-state index contributed by atoms with van der Waals surface area (Å²) in [6, 6.07) is 11.0. The molecular weight excluding hydrogens is 340 g/mol. The van der Waals surface area contributed by atoms with Crippen LogP contribution in [0, 0.1) is 0 Å². The molecule has 0 radical (unpaired) electrons. The van der Waals surface area contributed by atoms with E-state index in [0.717, 1.165) is 28.6 Å². The smallest absolute Gasteiger partial charge is 0.338 e. The third-order valence-corrected chi connectivity index (χ3v) is 4.48. The minimum atomic E-state index is -0.842. The maximum absolute atomic E-state index is 10.8. The van der Waals surface area contributed by atoms with Crippen molar-refractivity contribution in [1.29, 1.82) is 0 Å². The molecule has 3 aromatic rings. The van der Waals surface area contributed by atoms with E-state index in [0.29, 0.717) is 23.1 Å². The number of amides is 2. The molecule has 0 bridgehead atoms. The number of carbonyl (C=O) groups is 1. The Balaban J connectivity index is 1.89. The van der Waals surface area contributed by atoms with E-state index in [1.807, 2.05) is 36.4 Å². The van der Waals surface area contributed by atoms with Crippen LogP contribution in [0.4, 0.5) is 4.79 Å². The molecule has 2 amide bonds. The number of primary amides is 1. The number of unbranched alkanes of at least 4 members (excludes halogenated alkanes) is 1. The number of hydroxylamine groups is 2. The lowest BCUT2D eigenvalue weighted by atomic mass is 10.2. The number of para-hydroxylation sites is 1. The number of urea groups is 1. The number of carbonyl (C=O) groups excluding carboxylic acids is 1. The molecule has 2 heterocycles. The number of fused-ring (bicyclic) bond motifs is 1. The predicted octanol–water partition coefficient (Wildman–Crippen LogP) is 3.91. The molecule has 1 aromatic carbocycles. The number of aryl methyl sites for hydroxylation is 1. The van der Waals surface area contributed by atoms with Gasteiger partial charge < -0.3 is 10.3 Å². The van der Waals surface area contributed by atoms with Gasteiger partial charge in [0.25, 0.3) is 0 Å². The molecule has 3 N–H and O–H groups in total. The second-order valence-electron chi connectivity index (χ2n) is 5.74. The van der Waals surface area contributed by atoms with Crippen molar-refractivity contribution in [2.75, 3.05) is 6.54 Å². The molecule has 0 atom stereocenters. The average Bonchev–Trinajstić information content (AvgIpc) is 2.91. The minimum absolute atomic E-state index is 0.199. The van der Waals surface area contributed by atoms with Gasteiger partial charge in [-0.1, -0.05) is 29.8 Å². The summed E-state index contributed by atoms with van der Waals surface area (Å²) >= 11 is 6.64. The van der Waals surface area contributed by atoms with Gasteiger partial charge in [0.05, 0.1) is 22.8 Å². The molecule has 7 heteroatoms. The first-order valence-electron chi connectivity index (χ1n) is 8.02. The van der Waals surface area contributed by atoms with Gasteiger partial charge in [-0.3, -0.25) is 10.2 Å². The largest absolute Gasteiger partial charge is 0.350 e. The number of hydrogen-bond donors (Lipinski definition) is 2. The Bertz CT molecular complexity index is 879. The first-order chi connectivity index (χ1) is 12.1. The fraction of sp³-hybridized carbons (Fsp3) is 0.222. The van der Waals surface area contributed by atoms with Crippen molar-refractivity contribution >= 4 is 28.5 Å². The highest BCUT2D eigenvalue weighted by molar-refractivity contribution is 6.38. The Hall–Kier alpha value is -2.57. The van der Waals surface area contributed by atoms with Crippen LogP contribution in [0.3, 0.4) is 0 Å². The van der Waals surface area contributed by atoms with Crippen molar-refractivity contribution in [3.8, 4) is 11.3 Å². The molecule has 0 aliphatic heterocycles. The summed E-state index contributed by atoms with van der Waals surface area (Å²) in [4.78, 5) is 15.0. The van der Waals surface area contributed by atoms with E-state index >= 15 is 0 Å². The van der Waals surface area contributed by atoms with Crippen LogP contribution in [0.1, 0.15) is 12.8 Å². The van der Waals surface area contributed by atoms with Crippen LogP contribution in [-0.2, 0) is 6.54 Å². The first-order valence-corrected chi connectivity index (χ1v) is 8.40. The van der Waals surface area contributed by atoms with Crippen LogP contribution in [0.2, 0.25) is 5.02 Å². The Labute approximate surface area is 150 Å². The van der Waals surface area contributed by atoms with E-state index in [-0.39, 0.29) is 6.54 Å². The summed E-state index contributed by atoms with van der Waals surface area (Å²) in [6.45, 7) is 0.897. The van der Waals surface area contributed by atoms with Crippen LogP contribution in [0.15, 0.2) is 48.8 Å². The third-order valence-electron chi connectivity index (χ3n) is 4.10. The van der Waals surface area contributed by atoms with Crippen LogP contribution < -0.4 is 5.73 Å². The summed E-state index contributed by atoms with van der Waals surface area (Å²) in [6.07, 6.45) is 4.89. The number of aromatic nitrogens is 2. The molecule has 2 aromatic heterocycles. The molecule has 0 spiro atoms. The Morgan fingerprint density at radius 2 is 2.04 bits per heavy atom. The summed E-state index contributed by atoms with van der Waals surface area (Å²) in [7, 11) is 0. The van der Waals surface area contributed by atoms with Gasteiger partial charge in [0, 0.05) is 29.9 Å². The highest BCUT2D eigenvalue weighted by Crippen LogP contribution is 2.37.